The Kier molecular flexibility index (Phi) is 5.66. The molecule has 0 aliphatic heterocycles. The first-order chi connectivity index (χ1) is 10.2. The highest BCUT2D eigenvalue weighted by molar-refractivity contribution is 9.11. The molecule has 0 bridgehead atoms. The van der Waals surface area contributed by atoms with E-state index in [0.717, 1.165) is 16.3 Å². The van der Waals surface area contributed by atoms with Gasteiger partial charge in [-0.2, -0.15) is 0 Å². The fraction of sp³-hybridized carbons (Fsp3) is 0.667. The van der Waals surface area contributed by atoms with Crippen LogP contribution in [0.2, 0.25) is 0 Å². The highest BCUT2D eigenvalue weighted by atomic mass is 79.9. The Hall–Kier alpha value is -0.0200. The Morgan fingerprint density at radius 2 is 1.57 bits per heavy atom. The van der Waals surface area contributed by atoms with Crippen LogP contribution in [0.1, 0.15) is 57.8 Å². The lowest BCUT2D eigenvalue weighted by molar-refractivity contribution is 0.180. The second-order valence-corrected chi connectivity index (χ2v) is 8.49. The van der Waals surface area contributed by atoms with E-state index in [9.17, 15) is 0 Å². The summed E-state index contributed by atoms with van der Waals surface area (Å²) >= 11 is 7.28. The van der Waals surface area contributed by atoms with Gasteiger partial charge in [-0.05, 0) is 58.8 Å². The van der Waals surface area contributed by atoms with Crippen molar-refractivity contribution in [2.24, 2.45) is 11.8 Å². The number of halogens is 2. The average Bonchev–Trinajstić information content (AvgIpc) is 2.52. The SMILES string of the molecule is Brc1ccc(Br)c(NC2CCCCC2C2CCCCC2)c1. The molecule has 0 amide bonds. The number of anilines is 1. The fourth-order valence-electron chi connectivity index (χ4n) is 4.27. The first-order valence-corrected chi connectivity index (χ1v) is 10.0. The van der Waals surface area contributed by atoms with E-state index in [1.165, 1.54) is 67.9 Å². The highest BCUT2D eigenvalue weighted by Gasteiger charge is 2.32. The van der Waals surface area contributed by atoms with Gasteiger partial charge in [0.25, 0.3) is 0 Å². The molecule has 1 aromatic rings. The summed E-state index contributed by atoms with van der Waals surface area (Å²) in [5, 5.41) is 3.86. The molecule has 0 heterocycles. The van der Waals surface area contributed by atoms with E-state index in [0.29, 0.717) is 6.04 Å². The first kappa shape index (κ1) is 15.9. The fourth-order valence-corrected chi connectivity index (χ4v) is 5.00. The lowest BCUT2D eigenvalue weighted by Crippen LogP contribution is -2.37. The zero-order chi connectivity index (χ0) is 14.7. The van der Waals surface area contributed by atoms with E-state index in [1.54, 1.807) is 0 Å². The zero-order valence-electron chi connectivity index (χ0n) is 12.6. The van der Waals surface area contributed by atoms with E-state index >= 15 is 0 Å². The van der Waals surface area contributed by atoms with E-state index < -0.39 is 0 Å². The van der Waals surface area contributed by atoms with E-state index in [1.807, 2.05) is 0 Å². The Morgan fingerprint density at radius 1 is 0.857 bits per heavy atom. The van der Waals surface area contributed by atoms with Crippen LogP contribution in [0.3, 0.4) is 0 Å². The lowest BCUT2D eigenvalue weighted by atomic mass is 9.71. The molecular formula is C18H25Br2N. The van der Waals surface area contributed by atoms with Crippen LogP contribution in [-0.2, 0) is 0 Å². The van der Waals surface area contributed by atoms with Crippen molar-refractivity contribution in [2.45, 2.75) is 63.8 Å². The maximum Gasteiger partial charge on any atom is 0.0498 e. The number of hydrogen-bond acceptors (Lipinski definition) is 1. The third-order valence-electron chi connectivity index (χ3n) is 5.34. The van der Waals surface area contributed by atoms with Crippen LogP contribution in [-0.4, -0.2) is 6.04 Å². The standard InChI is InChI=1S/C18H25Br2N/c19-14-10-11-16(20)18(12-14)21-17-9-5-4-8-15(17)13-6-2-1-3-7-13/h10-13,15,17,21H,1-9H2. The molecule has 3 rings (SSSR count). The van der Waals surface area contributed by atoms with Gasteiger partial charge >= 0.3 is 0 Å². The van der Waals surface area contributed by atoms with Crippen molar-refractivity contribution in [1.82, 2.24) is 0 Å². The van der Waals surface area contributed by atoms with Crippen molar-refractivity contribution in [3.05, 3.63) is 27.1 Å². The molecule has 1 aromatic carbocycles. The summed E-state index contributed by atoms with van der Waals surface area (Å²) in [5.41, 5.74) is 1.25. The van der Waals surface area contributed by atoms with Gasteiger partial charge in [-0.25, -0.2) is 0 Å². The van der Waals surface area contributed by atoms with Gasteiger partial charge in [0.05, 0.1) is 0 Å². The van der Waals surface area contributed by atoms with Crippen molar-refractivity contribution in [3.8, 4) is 0 Å². The largest absolute Gasteiger partial charge is 0.381 e. The van der Waals surface area contributed by atoms with Gasteiger partial charge in [-0.15, -0.1) is 0 Å². The molecule has 0 saturated heterocycles. The average molecular weight is 415 g/mol. The first-order valence-electron chi connectivity index (χ1n) is 8.45. The quantitative estimate of drug-likeness (QED) is 0.575. The Morgan fingerprint density at radius 3 is 2.38 bits per heavy atom. The smallest absolute Gasteiger partial charge is 0.0498 e. The van der Waals surface area contributed by atoms with Gasteiger partial charge in [0.15, 0.2) is 0 Å². The van der Waals surface area contributed by atoms with E-state index in [-0.39, 0.29) is 0 Å². The molecule has 0 spiro atoms. The summed E-state index contributed by atoms with van der Waals surface area (Å²) in [4.78, 5) is 0. The summed E-state index contributed by atoms with van der Waals surface area (Å²) in [5.74, 6) is 1.84. The van der Waals surface area contributed by atoms with Crippen LogP contribution < -0.4 is 5.32 Å². The maximum atomic E-state index is 3.86. The summed E-state index contributed by atoms with van der Waals surface area (Å²) in [6.07, 6.45) is 12.9. The van der Waals surface area contributed by atoms with Crippen molar-refractivity contribution < 1.29 is 0 Å². The maximum absolute atomic E-state index is 3.86. The summed E-state index contributed by atoms with van der Waals surface area (Å²) in [7, 11) is 0. The summed E-state index contributed by atoms with van der Waals surface area (Å²) < 4.78 is 2.33. The predicted molar refractivity (Wildman–Crippen MR) is 97.8 cm³/mol. The molecule has 1 nitrogen and oxygen atoms in total. The second-order valence-electron chi connectivity index (χ2n) is 6.72. The van der Waals surface area contributed by atoms with Crippen LogP contribution in [0, 0.1) is 11.8 Å². The normalized spacial score (nSPS) is 27.5. The third-order valence-corrected chi connectivity index (χ3v) is 6.53. The molecule has 3 heteroatoms. The van der Waals surface area contributed by atoms with Crippen molar-refractivity contribution in [3.63, 3.8) is 0 Å². The van der Waals surface area contributed by atoms with Gasteiger partial charge in [-0.1, -0.05) is 60.9 Å². The lowest BCUT2D eigenvalue weighted by Gasteiger charge is -2.40. The molecule has 0 aromatic heterocycles. The van der Waals surface area contributed by atoms with Gasteiger partial charge in [0.1, 0.15) is 0 Å². The Labute approximate surface area is 145 Å². The molecule has 0 radical (unpaired) electrons. The van der Waals surface area contributed by atoms with E-state index in [4.69, 9.17) is 0 Å². The Bertz CT molecular complexity index is 468. The minimum atomic E-state index is 0.660. The molecule has 1 N–H and O–H groups in total. The molecule has 2 saturated carbocycles. The van der Waals surface area contributed by atoms with Crippen molar-refractivity contribution >= 4 is 37.5 Å². The van der Waals surface area contributed by atoms with Crippen LogP contribution in [0.5, 0.6) is 0 Å². The van der Waals surface area contributed by atoms with Crippen molar-refractivity contribution in [1.29, 1.82) is 0 Å². The molecule has 116 valence electrons. The minimum Gasteiger partial charge on any atom is -0.381 e. The second kappa shape index (κ2) is 7.50. The van der Waals surface area contributed by atoms with Crippen LogP contribution >= 0.6 is 31.9 Å². The minimum absolute atomic E-state index is 0.660. The number of rotatable bonds is 3. The van der Waals surface area contributed by atoms with Gasteiger partial charge in [0.2, 0.25) is 0 Å². The Balaban J connectivity index is 1.73. The predicted octanol–water partition coefficient (Wildman–Crippen LogP) is 6.76. The summed E-state index contributed by atoms with van der Waals surface area (Å²) in [6, 6.07) is 7.09. The number of nitrogens with one attached hydrogen (secondary N) is 1. The number of hydrogen-bond donors (Lipinski definition) is 1. The van der Waals surface area contributed by atoms with Gasteiger partial charge in [-0.3, -0.25) is 0 Å². The topological polar surface area (TPSA) is 12.0 Å². The van der Waals surface area contributed by atoms with Crippen LogP contribution in [0.25, 0.3) is 0 Å². The summed E-state index contributed by atoms with van der Waals surface area (Å²) in [6.45, 7) is 0. The molecule has 2 atom stereocenters. The number of benzene rings is 1. The highest BCUT2D eigenvalue weighted by Crippen LogP contribution is 2.40. The van der Waals surface area contributed by atoms with E-state index in [2.05, 4.69) is 55.4 Å². The van der Waals surface area contributed by atoms with Crippen molar-refractivity contribution in [2.75, 3.05) is 5.32 Å². The molecular weight excluding hydrogens is 390 g/mol. The third kappa shape index (κ3) is 4.04. The zero-order valence-corrected chi connectivity index (χ0v) is 15.8. The molecule has 2 fully saturated rings. The monoisotopic (exact) mass is 413 g/mol. The van der Waals surface area contributed by atoms with Gasteiger partial charge < -0.3 is 5.32 Å². The molecule has 2 aliphatic carbocycles. The van der Waals surface area contributed by atoms with Gasteiger partial charge in [0, 0.05) is 20.7 Å². The van der Waals surface area contributed by atoms with Crippen LogP contribution in [0.4, 0.5) is 5.69 Å². The molecule has 2 aliphatic rings. The molecule has 21 heavy (non-hydrogen) atoms. The molecule has 2 unspecified atom stereocenters. The van der Waals surface area contributed by atoms with Crippen LogP contribution in [0.15, 0.2) is 27.1 Å².